The highest BCUT2D eigenvalue weighted by molar-refractivity contribution is 7.47. The van der Waals surface area contributed by atoms with Crippen molar-refractivity contribution in [2.45, 2.75) is 393 Å². The van der Waals surface area contributed by atoms with Gasteiger partial charge in [-0.3, -0.25) is 37.3 Å². The summed E-state index contributed by atoms with van der Waals surface area (Å²) in [6.07, 6.45) is 77.2. The fourth-order valence-corrected chi connectivity index (χ4v) is 13.0. The minimum Gasteiger partial charge on any atom is -0.462 e. The fraction of sp³-hybridized carbons (Fsp3) is 0.807. The van der Waals surface area contributed by atoms with Crippen molar-refractivity contribution in [1.29, 1.82) is 0 Å². The zero-order valence-corrected chi connectivity index (χ0v) is 66.8. The highest BCUT2D eigenvalue weighted by Crippen LogP contribution is 2.45. The highest BCUT2D eigenvalue weighted by atomic mass is 31.2. The molecule has 0 aromatic heterocycles. The first kappa shape index (κ1) is 98.5. The molecule has 0 aromatic carbocycles. The number of phosphoric ester groups is 2. The predicted octanol–water partition coefficient (Wildman–Crippen LogP) is 24.0. The number of hydrogen-bond acceptors (Lipinski definition) is 15. The molecule has 5 atom stereocenters. The van der Waals surface area contributed by atoms with E-state index >= 15 is 0 Å². The molecule has 0 aliphatic rings. The summed E-state index contributed by atoms with van der Waals surface area (Å²) in [5.74, 6) is -2.17. The van der Waals surface area contributed by atoms with E-state index in [1.165, 1.54) is 135 Å². The molecule has 0 aliphatic carbocycles. The van der Waals surface area contributed by atoms with Gasteiger partial charge in [0.25, 0.3) is 0 Å². The molecule has 0 heterocycles. The summed E-state index contributed by atoms with van der Waals surface area (Å²) in [6.45, 7) is 4.79. The Morgan fingerprint density at radius 2 is 0.510 bits per heavy atom. The third-order valence-corrected chi connectivity index (χ3v) is 19.6. The lowest BCUT2D eigenvalue weighted by molar-refractivity contribution is -0.161. The molecule has 0 aromatic rings. The number of aliphatic hydroxyl groups is 1. The minimum atomic E-state index is -4.97. The molecule has 0 saturated heterocycles. The van der Waals surface area contributed by atoms with Crippen molar-refractivity contribution in [1.82, 2.24) is 0 Å². The van der Waals surface area contributed by atoms with E-state index in [-0.39, 0.29) is 25.7 Å². The molecule has 17 nitrogen and oxygen atoms in total. The van der Waals surface area contributed by atoms with Crippen LogP contribution >= 0.6 is 15.6 Å². The molecule has 0 saturated carbocycles. The number of allylic oxidation sites excluding steroid dienone is 12. The van der Waals surface area contributed by atoms with Crippen molar-refractivity contribution >= 4 is 39.5 Å². The first-order valence-electron chi connectivity index (χ1n) is 41.2. The summed E-state index contributed by atoms with van der Waals surface area (Å²) in [7, 11) is -9.95. The third-order valence-electron chi connectivity index (χ3n) is 17.7. The molecule has 0 fully saturated rings. The molecule has 0 radical (unpaired) electrons. The van der Waals surface area contributed by atoms with Gasteiger partial charge in [-0.1, -0.05) is 325 Å². The molecule has 0 amide bonds. The standard InChI is InChI=1S/C83H150O17P2/c1-5-9-13-17-21-25-29-33-36-37-38-39-42-45-48-52-56-60-64-68-81(86)94-73-78(99-82(87)69-65-61-57-53-49-43-32-28-24-20-16-12-8-4)75-97-101(89,90)95-71-77(84)72-96-102(91,92)98-76-79(100-83(88)70-66-62-58-54-50-46-41-35-31-27-23-19-15-11-7-3)74-93-80(85)67-63-59-55-51-47-44-40-34-30-26-22-18-14-10-6-2/h9,13,21-22,25-26,33-34,36,38-40,77-79,84H,5-8,10-12,14-20,23-24,27-32,35,37,41-76H2,1-4H3,(H,89,90)(H,91,92)/b13-9-,25-21-,26-22-,36-33-,39-38-,40-34-. The van der Waals surface area contributed by atoms with Gasteiger partial charge in [0.2, 0.25) is 0 Å². The van der Waals surface area contributed by atoms with Crippen molar-refractivity contribution in [2.75, 3.05) is 39.6 Å². The zero-order chi connectivity index (χ0) is 74.6. The van der Waals surface area contributed by atoms with Crippen LogP contribution in [0.4, 0.5) is 0 Å². The average molecular weight is 1480 g/mol. The van der Waals surface area contributed by atoms with Crippen LogP contribution in [0.5, 0.6) is 0 Å². The third kappa shape index (κ3) is 74.8. The van der Waals surface area contributed by atoms with E-state index in [0.29, 0.717) is 25.7 Å². The van der Waals surface area contributed by atoms with Crippen LogP contribution in [0.25, 0.3) is 0 Å². The lowest BCUT2D eigenvalue weighted by Gasteiger charge is -2.21. The van der Waals surface area contributed by atoms with E-state index in [2.05, 4.69) is 101 Å². The van der Waals surface area contributed by atoms with E-state index in [1.807, 2.05) is 0 Å². The molecule has 0 rings (SSSR count). The van der Waals surface area contributed by atoms with Crippen molar-refractivity contribution in [2.24, 2.45) is 0 Å². The average Bonchev–Trinajstić information content (AvgIpc) is 0.908. The first-order chi connectivity index (χ1) is 49.7. The maximum atomic E-state index is 13.1. The molecule has 0 spiro atoms. The van der Waals surface area contributed by atoms with Crippen LogP contribution < -0.4 is 0 Å². The van der Waals surface area contributed by atoms with Crippen molar-refractivity contribution in [3.8, 4) is 0 Å². The van der Waals surface area contributed by atoms with E-state index in [9.17, 15) is 43.2 Å². The summed E-state index contributed by atoms with van der Waals surface area (Å²) in [4.78, 5) is 73.1. The Labute approximate surface area is 622 Å². The molecular weight excluding hydrogens is 1330 g/mol. The Morgan fingerprint density at radius 3 is 0.804 bits per heavy atom. The van der Waals surface area contributed by atoms with Crippen LogP contribution in [-0.4, -0.2) is 96.7 Å². The van der Waals surface area contributed by atoms with Crippen LogP contribution in [0.3, 0.4) is 0 Å². The largest absolute Gasteiger partial charge is 0.472 e. The minimum absolute atomic E-state index is 0.0968. The van der Waals surface area contributed by atoms with Gasteiger partial charge in [0.15, 0.2) is 12.2 Å². The molecule has 5 unspecified atom stereocenters. The Morgan fingerprint density at radius 1 is 0.284 bits per heavy atom. The SMILES string of the molecule is CC/C=C\C/C=C\C/C=C\C/C=C\CCCCCCCCC(=O)OCC(COP(=O)(O)OCC(O)COP(=O)(O)OCC(COC(=O)CCCCCCC/C=C\C/C=C\CCCCC)OC(=O)CCCCCCCCCCCCCCCCC)OC(=O)CCCCCCCCCCCCCCC. The van der Waals surface area contributed by atoms with Gasteiger partial charge in [-0.25, -0.2) is 9.13 Å². The second-order valence-electron chi connectivity index (χ2n) is 27.7. The normalized spacial score (nSPS) is 14.2. The van der Waals surface area contributed by atoms with E-state index in [0.717, 1.165) is 161 Å². The molecule has 19 heteroatoms. The number of unbranched alkanes of at least 4 members (excludes halogenated alkanes) is 40. The van der Waals surface area contributed by atoms with Gasteiger partial charge in [0, 0.05) is 25.7 Å². The number of carbonyl (C=O) groups excluding carboxylic acids is 4. The number of rotatable bonds is 78. The fourth-order valence-electron chi connectivity index (χ4n) is 11.4. The van der Waals surface area contributed by atoms with Crippen molar-refractivity contribution < 1.29 is 80.2 Å². The summed E-state index contributed by atoms with van der Waals surface area (Å²) >= 11 is 0. The number of carbonyl (C=O) groups is 4. The van der Waals surface area contributed by atoms with Gasteiger partial charge in [0.05, 0.1) is 26.4 Å². The number of ether oxygens (including phenoxy) is 4. The summed E-state index contributed by atoms with van der Waals surface area (Å²) < 4.78 is 68.7. The quantitative estimate of drug-likeness (QED) is 0.0169. The maximum absolute atomic E-state index is 13.1. The van der Waals surface area contributed by atoms with E-state index < -0.39 is 97.5 Å². The van der Waals surface area contributed by atoms with Crippen LogP contribution in [0, 0.1) is 0 Å². The topological polar surface area (TPSA) is 237 Å². The van der Waals surface area contributed by atoms with Crippen LogP contribution in [-0.2, 0) is 65.4 Å². The Hall–Kier alpha value is -3.50. The number of hydrogen-bond donors (Lipinski definition) is 3. The summed E-state index contributed by atoms with van der Waals surface area (Å²) in [5, 5.41) is 10.6. The number of aliphatic hydroxyl groups excluding tert-OH is 1. The lowest BCUT2D eigenvalue weighted by Crippen LogP contribution is -2.30. The Bertz CT molecular complexity index is 2210. The maximum Gasteiger partial charge on any atom is 0.472 e. The van der Waals surface area contributed by atoms with Gasteiger partial charge >= 0.3 is 39.5 Å². The van der Waals surface area contributed by atoms with Gasteiger partial charge in [-0.2, -0.15) is 0 Å². The van der Waals surface area contributed by atoms with Crippen molar-refractivity contribution in [3.05, 3.63) is 72.9 Å². The van der Waals surface area contributed by atoms with Crippen LogP contribution in [0.2, 0.25) is 0 Å². The second-order valence-corrected chi connectivity index (χ2v) is 30.6. The van der Waals surface area contributed by atoms with E-state index in [4.69, 9.17) is 37.0 Å². The number of esters is 4. The predicted molar refractivity (Wildman–Crippen MR) is 418 cm³/mol. The molecule has 102 heavy (non-hydrogen) atoms. The van der Waals surface area contributed by atoms with Gasteiger partial charge < -0.3 is 33.8 Å². The van der Waals surface area contributed by atoms with Gasteiger partial charge in [-0.05, 0) is 96.3 Å². The zero-order valence-electron chi connectivity index (χ0n) is 65.0. The highest BCUT2D eigenvalue weighted by Gasteiger charge is 2.30. The van der Waals surface area contributed by atoms with Gasteiger partial charge in [-0.15, -0.1) is 0 Å². The Balaban J connectivity index is 5.32. The number of phosphoric acid groups is 2. The lowest BCUT2D eigenvalue weighted by atomic mass is 10.0. The Kier molecular flexibility index (Phi) is 73.1. The van der Waals surface area contributed by atoms with Crippen molar-refractivity contribution in [3.63, 3.8) is 0 Å². The second kappa shape index (κ2) is 75.7. The first-order valence-corrected chi connectivity index (χ1v) is 44.2. The van der Waals surface area contributed by atoms with E-state index in [1.54, 1.807) is 0 Å². The molecule has 594 valence electrons. The molecule has 0 aliphatic heterocycles. The monoisotopic (exact) mass is 1480 g/mol. The molecule has 0 bridgehead atoms. The van der Waals surface area contributed by atoms with Crippen LogP contribution in [0.15, 0.2) is 72.9 Å². The van der Waals surface area contributed by atoms with Crippen LogP contribution in [0.1, 0.15) is 374 Å². The molecular formula is C83H150O17P2. The molecule has 3 N–H and O–H groups in total. The smallest absolute Gasteiger partial charge is 0.462 e. The van der Waals surface area contributed by atoms with Gasteiger partial charge in [0.1, 0.15) is 19.3 Å². The summed E-state index contributed by atoms with van der Waals surface area (Å²) in [5.41, 5.74) is 0. The summed E-state index contributed by atoms with van der Waals surface area (Å²) in [6, 6.07) is 0.